The van der Waals surface area contributed by atoms with Gasteiger partial charge in [0.1, 0.15) is 5.82 Å². The molecule has 0 aliphatic heterocycles. The van der Waals surface area contributed by atoms with Crippen molar-refractivity contribution in [3.8, 4) is 6.07 Å². The zero-order chi connectivity index (χ0) is 9.47. The van der Waals surface area contributed by atoms with E-state index in [-0.39, 0.29) is 11.2 Å². The molecule has 0 spiro atoms. The van der Waals surface area contributed by atoms with E-state index < -0.39 is 0 Å². The van der Waals surface area contributed by atoms with Crippen molar-refractivity contribution in [1.82, 2.24) is 0 Å². The smallest absolute Gasteiger partial charge is 0.123 e. The number of benzene rings is 1. The highest BCUT2D eigenvalue weighted by molar-refractivity contribution is 14.1. The third-order valence-corrected chi connectivity index (χ3v) is 3.35. The second kappa shape index (κ2) is 2.95. The first-order chi connectivity index (χ1) is 6.18. The lowest BCUT2D eigenvalue weighted by molar-refractivity contribution is 0.623. The second-order valence-electron chi connectivity index (χ2n) is 3.32. The monoisotopic (exact) mass is 287 g/mol. The molecule has 0 N–H and O–H groups in total. The summed E-state index contributed by atoms with van der Waals surface area (Å²) < 4.78 is 13.9. The van der Waals surface area contributed by atoms with Gasteiger partial charge in [0.2, 0.25) is 0 Å². The second-order valence-corrected chi connectivity index (χ2v) is 4.48. The molecule has 0 heterocycles. The molecule has 1 fully saturated rings. The molecular weight excluding hydrogens is 280 g/mol. The Morgan fingerprint density at radius 3 is 2.69 bits per heavy atom. The van der Waals surface area contributed by atoms with Gasteiger partial charge in [-0.2, -0.15) is 5.26 Å². The van der Waals surface area contributed by atoms with Gasteiger partial charge in [-0.25, -0.2) is 4.39 Å². The molecule has 0 bridgehead atoms. The van der Waals surface area contributed by atoms with Crippen LogP contribution in [0.4, 0.5) is 4.39 Å². The minimum absolute atomic E-state index is 0.253. The number of halogens is 2. The van der Waals surface area contributed by atoms with E-state index in [1.807, 2.05) is 0 Å². The van der Waals surface area contributed by atoms with E-state index in [0.29, 0.717) is 0 Å². The summed E-state index contributed by atoms with van der Waals surface area (Å²) in [7, 11) is 0. The van der Waals surface area contributed by atoms with E-state index in [9.17, 15) is 4.39 Å². The van der Waals surface area contributed by atoms with Crippen LogP contribution in [0.3, 0.4) is 0 Å². The molecule has 1 aliphatic rings. The Hall–Kier alpha value is -0.630. The number of nitriles is 1. The minimum Gasteiger partial charge on any atom is -0.207 e. The van der Waals surface area contributed by atoms with Crippen LogP contribution in [0.1, 0.15) is 18.4 Å². The summed E-state index contributed by atoms with van der Waals surface area (Å²) in [6, 6.07) is 6.90. The molecule has 1 aliphatic carbocycles. The lowest BCUT2D eigenvalue weighted by Crippen LogP contribution is -2.05. The molecule has 1 aromatic carbocycles. The Balaban J connectivity index is 2.52. The molecule has 3 heteroatoms. The molecule has 0 unspecified atom stereocenters. The van der Waals surface area contributed by atoms with E-state index in [2.05, 4.69) is 28.7 Å². The maximum Gasteiger partial charge on any atom is 0.123 e. The van der Waals surface area contributed by atoms with Crippen molar-refractivity contribution < 1.29 is 4.39 Å². The molecule has 0 aromatic heterocycles. The highest BCUT2D eigenvalue weighted by Gasteiger charge is 2.46. The number of nitrogens with zero attached hydrogens (tertiary/aromatic N) is 1. The summed E-state index contributed by atoms with van der Waals surface area (Å²) >= 11 is 2.15. The number of hydrogen-bond donors (Lipinski definition) is 0. The molecule has 0 radical (unpaired) electrons. The van der Waals surface area contributed by atoms with E-state index in [0.717, 1.165) is 22.0 Å². The van der Waals surface area contributed by atoms with E-state index >= 15 is 0 Å². The van der Waals surface area contributed by atoms with Crippen molar-refractivity contribution in [2.45, 2.75) is 18.3 Å². The van der Waals surface area contributed by atoms with Gasteiger partial charge in [0.15, 0.2) is 0 Å². The van der Waals surface area contributed by atoms with Crippen LogP contribution in [0.2, 0.25) is 0 Å². The summed E-state index contributed by atoms with van der Waals surface area (Å²) in [5.74, 6) is -0.253. The average Bonchev–Trinajstić information content (AvgIpc) is 2.90. The van der Waals surface area contributed by atoms with Crippen molar-refractivity contribution in [3.63, 3.8) is 0 Å². The van der Waals surface area contributed by atoms with Crippen molar-refractivity contribution in [2.24, 2.45) is 0 Å². The van der Waals surface area contributed by atoms with Crippen LogP contribution in [0.5, 0.6) is 0 Å². The highest BCUT2D eigenvalue weighted by Crippen LogP contribution is 2.49. The lowest BCUT2D eigenvalue weighted by Gasteiger charge is -2.08. The zero-order valence-corrected chi connectivity index (χ0v) is 9.01. The van der Waals surface area contributed by atoms with Crippen molar-refractivity contribution in [3.05, 3.63) is 33.1 Å². The maximum absolute atomic E-state index is 12.9. The van der Waals surface area contributed by atoms with Gasteiger partial charge in [0.05, 0.1) is 11.5 Å². The minimum atomic E-state index is -0.376. The normalized spacial score (nSPS) is 17.9. The first-order valence-corrected chi connectivity index (χ1v) is 5.13. The number of rotatable bonds is 1. The van der Waals surface area contributed by atoms with Crippen LogP contribution < -0.4 is 0 Å². The van der Waals surface area contributed by atoms with Crippen LogP contribution in [-0.4, -0.2) is 0 Å². The molecule has 66 valence electrons. The van der Waals surface area contributed by atoms with Gasteiger partial charge in [0, 0.05) is 3.57 Å². The molecule has 2 rings (SSSR count). The third-order valence-electron chi connectivity index (χ3n) is 2.41. The van der Waals surface area contributed by atoms with E-state index in [1.54, 1.807) is 6.07 Å². The summed E-state index contributed by atoms with van der Waals surface area (Å²) in [4.78, 5) is 0. The fraction of sp³-hybridized carbons (Fsp3) is 0.300. The first-order valence-electron chi connectivity index (χ1n) is 4.05. The fourth-order valence-corrected chi connectivity index (χ4v) is 2.28. The van der Waals surface area contributed by atoms with Crippen molar-refractivity contribution >= 4 is 22.6 Å². The maximum atomic E-state index is 12.9. The molecule has 0 saturated heterocycles. The lowest BCUT2D eigenvalue weighted by atomic mass is 9.98. The summed E-state index contributed by atoms with van der Waals surface area (Å²) in [6.45, 7) is 0. The predicted octanol–water partition coefficient (Wildman–Crippen LogP) is 2.99. The highest BCUT2D eigenvalue weighted by atomic mass is 127. The van der Waals surface area contributed by atoms with Gasteiger partial charge in [-0.15, -0.1) is 0 Å². The van der Waals surface area contributed by atoms with Gasteiger partial charge in [-0.1, -0.05) is 0 Å². The quantitative estimate of drug-likeness (QED) is 0.728. The van der Waals surface area contributed by atoms with Gasteiger partial charge < -0.3 is 0 Å². The van der Waals surface area contributed by atoms with E-state index in [4.69, 9.17) is 5.26 Å². The molecule has 13 heavy (non-hydrogen) atoms. The third kappa shape index (κ3) is 1.44. The van der Waals surface area contributed by atoms with Gasteiger partial charge >= 0.3 is 0 Å². The van der Waals surface area contributed by atoms with Crippen LogP contribution in [0.25, 0.3) is 0 Å². The Bertz CT molecular complexity index is 390. The van der Waals surface area contributed by atoms with Crippen molar-refractivity contribution in [2.75, 3.05) is 0 Å². The zero-order valence-electron chi connectivity index (χ0n) is 6.85. The average molecular weight is 287 g/mol. The molecule has 1 aromatic rings. The molecule has 1 saturated carbocycles. The van der Waals surface area contributed by atoms with Crippen molar-refractivity contribution in [1.29, 1.82) is 5.26 Å². The topological polar surface area (TPSA) is 23.8 Å². The Kier molecular flexibility index (Phi) is 2.03. The molecule has 1 nitrogen and oxygen atoms in total. The number of hydrogen-bond acceptors (Lipinski definition) is 1. The van der Waals surface area contributed by atoms with Crippen LogP contribution in [0.15, 0.2) is 18.2 Å². The summed E-state index contributed by atoms with van der Waals surface area (Å²) in [5, 5.41) is 8.95. The molecule has 0 atom stereocenters. The Morgan fingerprint density at radius 2 is 2.15 bits per heavy atom. The Labute approximate surface area is 89.7 Å². The van der Waals surface area contributed by atoms with Gasteiger partial charge in [-0.3, -0.25) is 0 Å². The van der Waals surface area contributed by atoms with E-state index in [1.165, 1.54) is 12.1 Å². The summed E-state index contributed by atoms with van der Waals surface area (Å²) in [6.07, 6.45) is 1.73. The molecular formula is C10H7FIN. The van der Waals surface area contributed by atoms with Crippen LogP contribution in [-0.2, 0) is 5.41 Å². The first kappa shape index (κ1) is 8.95. The Morgan fingerprint density at radius 1 is 1.46 bits per heavy atom. The standard InChI is InChI=1S/C10H7FIN/c11-7-1-2-9(12)8(5-7)10(6-13)3-4-10/h1-2,5H,3-4H2. The van der Waals surface area contributed by atoms with Crippen LogP contribution >= 0.6 is 22.6 Å². The predicted molar refractivity (Wildman–Crippen MR) is 55.6 cm³/mol. The largest absolute Gasteiger partial charge is 0.207 e. The van der Waals surface area contributed by atoms with Crippen LogP contribution in [0, 0.1) is 20.7 Å². The van der Waals surface area contributed by atoms with Gasteiger partial charge in [-0.05, 0) is 59.2 Å². The summed E-state index contributed by atoms with van der Waals surface area (Å²) in [5.41, 5.74) is 0.481. The fourth-order valence-electron chi connectivity index (χ4n) is 1.43. The SMILES string of the molecule is N#CC1(c2cc(F)ccc2I)CC1. The van der Waals surface area contributed by atoms with Gasteiger partial charge in [0.25, 0.3) is 0 Å². The molecule has 0 amide bonds.